The van der Waals surface area contributed by atoms with Crippen LogP contribution in [0.2, 0.25) is 0 Å². The van der Waals surface area contributed by atoms with Crippen molar-refractivity contribution in [1.29, 1.82) is 0 Å². The highest BCUT2D eigenvalue weighted by Crippen LogP contribution is 2.42. The van der Waals surface area contributed by atoms with Crippen molar-refractivity contribution in [3.8, 4) is 9.75 Å². The molecular weight excluding hydrogens is 380 g/mol. The smallest absolute Gasteiger partial charge is 0.0455 e. The Hall–Kier alpha value is -1.72. The summed E-state index contributed by atoms with van der Waals surface area (Å²) in [5.41, 5.74) is 0. The molecule has 25 heavy (non-hydrogen) atoms. The second kappa shape index (κ2) is 5.15. The molecule has 4 heteroatoms. The van der Waals surface area contributed by atoms with Gasteiger partial charge in [0.05, 0.1) is 0 Å². The molecule has 0 N–H and O–H groups in total. The molecule has 0 fully saturated rings. The lowest BCUT2D eigenvalue weighted by molar-refractivity contribution is 1.66. The standard InChI is InChI=1S/C21H12S4/c1-11-4-13-7-19-15(8-17(13)23-11)10-21(25-19)20-9-14-6-16-12(2-3-22-16)5-18(14)24-20/h2-10H,1H3. The third-order valence-electron chi connectivity index (χ3n) is 4.61. The molecule has 0 radical (unpaired) electrons. The van der Waals surface area contributed by atoms with Gasteiger partial charge in [-0.25, -0.2) is 0 Å². The fourth-order valence-electron chi connectivity index (χ4n) is 3.44. The molecular formula is C21H12S4. The lowest BCUT2D eigenvalue weighted by Crippen LogP contribution is -1.62. The molecule has 0 spiro atoms. The maximum absolute atomic E-state index is 2.36. The molecule has 0 saturated carbocycles. The maximum Gasteiger partial charge on any atom is 0.0455 e. The van der Waals surface area contributed by atoms with Gasteiger partial charge in [-0.2, -0.15) is 0 Å². The van der Waals surface area contributed by atoms with Crippen molar-refractivity contribution in [2.75, 3.05) is 0 Å². The summed E-state index contributed by atoms with van der Waals surface area (Å²) in [6.45, 7) is 2.19. The second-order valence-corrected chi connectivity index (χ2v) is 10.8. The largest absolute Gasteiger partial charge is 0.144 e. The van der Waals surface area contributed by atoms with Gasteiger partial charge in [0.15, 0.2) is 0 Å². The first-order valence-corrected chi connectivity index (χ1v) is 11.4. The Bertz CT molecular complexity index is 1300. The highest BCUT2D eigenvalue weighted by Gasteiger charge is 2.11. The molecule has 4 aromatic heterocycles. The van der Waals surface area contributed by atoms with Crippen LogP contribution in [-0.4, -0.2) is 0 Å². The predicted molar refractivity (Wildman–Crippen MR) is 118 cm³/mol. The van der Waals surface area contributed by atoms with E-state index in [1.165, 1.54) is 55.0 Å². The number of hydrogen-bond donors (Lipinski definition) is 0. The van der Waals surface area contributed by atoms with Crippen LogP contribution in [0.25, 0.3) is 50.1 Å². The van der Waals surface area contributed by atoms with Crippen LogP contribution < -0.4 is 0 Å². The molecule has 0 aliphatic rings. The topological polar surface area (TPSA) is 0 Å². The molecule has 0 bridgehead atoms. The third kappa shape index (κ3) is 2.22. The van der Waals surface area contributed by atoms with Gasteiger partial charge in [0, 0.05) is 33.4 Å². The fourth-order valence-corrected chi connectivity index (χ4v) is 7.47. The van der Waals surface area contributed by atoms with Gasteiger partial charge in [-0.3, -0.25) is 0 Å². The van der Waals surface area contributed by atoms with Crippen molar-refractivity contribution < 1.29 is 0 Å². The van der Waals surface area contributed by atoms with Crippen molar-refractivity contribution in [1.82, 2.24) is 0 Å². The number of hydrogen-bond acceptors (Lipinski definition) is 4. The van der Waals surface area contributed by atoms with E-state index in [0.717, 1.165) is 0 Å². The van der Waals surface area contributed by atoms with Crippen LogP contribution in [-0.2, 0) is 0 Å². The van der Waals surface area contributed by atoms with E-state index in [9.17, 15) is 0 Å². The molecule has 6 aromatic rings. The van der Waals surface area contributed by atoms with Crippen LogP contribution in [0.4, 0.5) is 0 Å². The number of aryl methyl sites for hydroxylation is 1. The molecule has 4 heterocycles. The molecule has 0 unspecified atom stereocenters. The average molecular weight is 393 g/mol. The van der Waals surface area contributed by atoms with Crippen LogP contribution >= 0.6 is 45.3 Å². The van der Waals surface area contributed by atoms with Gasteiger partial charge in [-0.1, -0.05) is 0 Å². The molecule has 120 valence electrons. The van der Waals surface area contributed by atoms with Crippen molar-refractivity contribution in [2.24, 2.45) is 0 Å². The molecule has 0 atom stereocenters. The van der Waals surface area contributed by atoms with E-state index in [1.54, 1.807) is 0 Å². The normalized spacial score (nSPS) is 12.2. The van der Waals surface area contributed by atoms with Gasteiger partial charge in [0.1, 0.15) is 0 Å². The number of benzene rings is 2. The molecule has 0 nitrogen and oxygen atoms in total. The van der Waals surface area contributed by atoms with Crippen molar-refractivity contribution in [3.63, 3.8) is 0 Å². The van der Waals surface area contributed by atoms with E-state index in [-0.39, 0.29) is 0 Å². The zero-order chi connectivity index (χ0) is 16.5. The van der Waals surface area contributed by atoms with Gasteiger partial charge < -0.3 is 0 Å². The fraction of sp³-hybridized carbons (Fsp3) is 0.0476. The van der Waals surface area contributed by atoms with Crippen molar-refractivity contribution >= 4 is 85.7 Å². The van der Waals surface area contributed by atoms with E-state index >= 15 is 0 Å². The Morgan fingerprint density at radius 3 is 1.84 bits per heavy atom. The highest BCUT2D eigenvalue weighted by molar-refractivity contribution is 7.28. The summed E-state index contributed by atoms with van der Waals surface area (Å²) in [7, 11) is 0. The summed E-state index contributed by atoms with van der Waals surface area (Å²) in [6, 6.07) is 18.6. The van der Waals surface area contributed by atoms with Crippen LogP contribution in [0.3, 0.4) is 0 Å². The summed E-state index contributed by atoms with van der Waals surface area (Å²) in [5.74, 6) is 0. The van der Waals surface area contributed by atoms with Crippen LogP contribution in [0.5, 0.6) is 0 Å². The van der Waals surface area contributed by atoms with Gasteiger partial charge in [0.25, 0.3) is 0 Å². The van der Waals surface area contributed by atoms with Crippen LogP contribution in [0, 0.1) is 6.92 Å². The van der Waals surface area contributed by atoms with Gasteiger partial charge >= 0.3 is 0 Å². The molecule has 0 saturated heterocycles. The van der Waals surface area contributed by atoms with E-state index in [1.807, 2.05) is 45.3 Å². The average Bonchev–Trinajstić information content (AvgIpc) is 3.33. The summed E-state index contributed by atoms with van der Waals surface area (Å²) in [5, 5.41) is 7.64. The minimum Gasteiger partial charge on any atom is -0.144 e. The first-order valence-electron chi connectivity index (χ1n) is 8.08. The molecule has 0 aliphatic heterocycles. The molecule has 0 aliphatic carbocycles. The minimum atomic E-state index is 1.36. The maximum atomic E-state index is 2.36. The monoisotopic (exact) mass is 392 g/mol. The van der Waals surface area contributed by atoms with Crippen molar-refractivity contribution in [2.45, 2.75) is 6.92 Å². The number of fused-ring (bicyclic) bond motifs is 4. The summed E-state index contributed by atoms with van der Waals surface area (Å²) >= 11 is 7.53. The Balaban J connectivity index is 1.56. The van der Waals surface area contributed by atoms with E-state index < -0.39 is 0 Å². The first kappa shape index (κ1) is 14.4. The van der Waals surface area contributed by atoms with Crippen LogP contribution in [0.1, 0.15) is 4.88 Å². The SMILES string of the molecule is Cc1cc2cc3sc(-c4cc5cc6sccc6cc5s4)cc3cc2s1. The Kier molecular flexibility index (Phi) is 2.97. The number of thiophene rings is 4. The van der Waals surface area contributed by atoms with E-state index in [2.05, 4.69) is 60.8 Å². The van der Waals surface area contributed by atoms with E-state index in [4.69, 9.17) is 0 Å². The van der Waals surface area contributed by atoms with Gasteiger partial charge in [0.2, 0.25) is 0 Å². The van der Waals surface area contributed by atoms with Gasteiger partial charge in [-0.15, -0.1) is 45.3 Å². The molecule has 2 aromatic carbocycles. The van der Waals surface area contributed by atoms with Gasteiger partial charge in [-0.05, 0) is 82.4 Å². The second-order valence-electron chi connectivity index (χ2n) is 6.35. The Labute approximate surface area is 160 Å². The minimum absolute atomic E-state index is 1.36. The summed E-state index contributed by atoms with van der Waals surface area (Å²) in [4.78, 5) is 4.15. The lowest BCUT2D eigenvalue weighted by atomic mass is 10.2. The Morgan fingerprint density at radius 1 is 0.560 bits per heavy atom. The Morgan fingerprint density at radius 2 is 1.12 bits per heavy atom. The van der Waals surface area contributed by atoms with Crippen LogP contribution in [0.15, 0.2) is 53.9 Å². The summed E-state index contributed by atoms with van der Waals surface area (Å²) in [6.07, 6.45) is 0. The molecule has 6 rings (SSSR count). The van der Waals surface area contributed by atoms with E-state index in [0.29, 0.717) is 0 Å². The number of rotatable bonds is 1. The highest BCUT2D eigenvalue weighted by atomic mass is 32.1. The summed E-state index contributed by atoms with van der Waals surface area (Å²) < 4.78 is 5.54. The quantitative estimate of drug-likeness (QED) is 0.263. The molecule has 0 amide bonds. The zero-order valence-corrected chi connectivity index (χ0v) is 16.6. The predicted octanol–water partition coefficient (Wildman–Crippen LogP) is 8.52. The van der Waals surface area contributed by atoms with Crippen molar-refractivity contribution in [3.05, 3.63) is 58.8 Å². The lowest BCUT2D eigenvalue weighted by Gasteiger charge is -1.89. The third-order valence-corrected chi connectivity index (χ3v) is 8.90. The zero-order valence-electron chi connectivity index (χ0n) is 13.3. The first-order chi connectivity index (χ1) is 12.2.